The fourth-order valence-electron chi connectivity index (χ4n) is 2.80. The zero-order valence-electron chi connectivity index (χ0n) is 13.0. The van der Waals surface area contributed by atoms with Crippen LogP contribution in [0.5, 0.6) is 0 Å². The lowest BCUT2D eigenvalue weighted by Crippen LogP contribution is -2.39. The molecule has 5 nitrogen and oxygen atoms in total. The van der Waals surface area contributed by atoms with E-state index in [1.54, 1.807) is 0 Å². The smallest absolute Gasteiger partial charge is 0.233 e. The average molecular weight is 292 g/mol. The number of allylic oxidation sites excluding steroid dienone is 2. The van der Waals surface area contributed by atoms with Gasteiger partial charge >= 0.3 is 0 Å². The highest BCUT2D eigenvalue weighted by Crippen LogP contribution is 2.34. The Bertz CT molecular complexity index is 444. The Morgan fingerprint density at radius 2 is 1.71 bits per heavy atom. The Kier molecular flexibility index (Phi) is 4.80. The fourth-order valence-corrected chi connectivity index (χ4v) is 2.80. The number of likely N-dealkylation sites (tertiary alicyclic amines) is 1. The molecule has 1 fully saturated rings. The third-order valence-electron chi connectivity index (χ3n) is 4.55. The van der Waals surface area contributed by atoms with Crippen LogP contribution in [-0.2, 0) is 14.4 Å². The van der Waals surface area contributed by atoms with Gasteiger partial charge in [0.2, 0.25) is 17.7 Å². The van der Waals surface area contributed by atoms with Gasteiger partial charge in [-0.15, -0.1) is 0 Å². The summed E-state index contributed by atoms with van der Waals surface area (Å²) in [5.74, 6) is -0.388. The first-order chi connectivity index (χ1) is 9.91. The molecule has 1 heterocycles. The molecule has 3 amide bonds. The molecule has 116 valence electrons. The molecule has 2 aliphatic rings. The van der Waals surface area contributed by atoms with Crippen molar-refractivity contribution in [2.45, 2.75) is 46.1 Å². The molecule has 21 heavy (non-hydrogen) atoms. The highest BCUT2D eigenvalue weighted by atomic mass is 16.2. The Balaban J connectivity index is 1.88. The third-order valence-corrected chi connectivity index (χ3v) is 4.55. The summed E-state index contributed by atoms with van der Waals surface area (Å²) in [5, 5.41) is 2.90. The summed E-state index contributed by atoms with van der Waals surface area (Å²) in [7, 11) is 0. The molecule has 1 aliphatic carbocycles. The van der Waals surface area contributed by atoms with Crippen molar-refractivity contribution in [1.29, 1.82) is 0 Å². The number of carbonyl (C=O) groups excluding carboxylic acids is 3. The van der Waals surface area contributed by atoms with Crippen LogP contribution < -0.4 is 5.32 Å². The molecule has 0 aromatic carbocycles. The topological polar surface area (TPSA) is 66.5 Å². The number of hydrogen-bond donors (Lipinski definition) is 1. The first-order valence-corrected chi connectivity index (χ1v) is 7.71. The number of imide groups is 1. The van der Waals surface area contributed by atoms with E-state index in [4.69, 9.17) is 0 Å². The van der Waals surface area contributed by atoms with Crippen LogP contribution in [0.3, 0.4) is 0 Å². The van der Waals surface area contributed by atoms with Gasteiger partial charge in [-0.3, -0.25) is 19.3 Å². The van der Waals surface area contributed by atoms with Gasteiger partial charge in [-0.05, 0) is 25.7 Å². The number of nitrogens with one attached hydrogen (secondary N) is 1. The van der Waals surface area contributed by atoms with Gasteiger partial charge in [0.15, 0.2) is 0 Å². The monoisotopic (exact) mass is 292 g/mol. The summed E-state index contributed by atoms with van der Waals surface area (Å²) in [4.78, 5) is 37.6. The first kappa shape index (κ1) is 15.7. The van der Waals surface area contributed by atoms with Gasteiger partial charge in [-0.1, -0.05) is 26.0 Å². The van der Waals surface area contributed by atoms with Crippen molar-refractivity contribution >= 4 is 17.7 Å². The molecule has 0 bridgehead atoms. The van der Waals surface area contributed by atoms with E-state index < -0.39 is 0 Å². The highest BCUT2D eigenvalue weighted by Gasteiger charge is 2.46. The molecule has 1 unspecified atom stereocenters. The molecule has 1 saturated heterocycles. The van der Waals surface area contributed by atoms with Gasteiger partial charge in [0.25, 0.3) is 0 Å². The van der Waals surface area contributed by atoms with E-state index >= 15 is 0 Å². The molecule has 0 aromatic heterocycles. The van der Waals surface area contributed by atoms with Gasteiger partial charge in [0.05, 0.1) is 11.8 Å². The van der Waals surface area contributed by atoms with E-state index in [9.17, 15) is 14.4 Å². The van der Waals surface area contributed by atoms with Crippen LogP contribution >= 0.6 is 0 Å². The van der Waals surface area contributed by atoms with Crippen LogP contribution in [0.4, 0.5) is 0 Å². The lowest BCUT2D eigenvalue weighted by atomic mass is 9.85. The number of rotatable bonds is 5. The van der Waals surface area contributed by atoms with Crippen molar-refractivity contribution in [3.05, 3.63) is 12.2 Å². The van der Waals surface area contributed by atoms with E-state index in [1.807, 2.05) is 32.9 Å². The van der Waals surface area contributed by atoms with E-state index in [2.05, 4.69) is 5.32 Å². The minimum atomic E-state index is -0.208. The summed E-state index contributed by atoms with van der Waals surface area (Å²) in [6, 6.07) is 0.0919. The Hall–Kier alpha value is -1.65. The Labute approximate surface area is 125 Å². The number of hydrogen-bond acceptors (Lipinski definition) is 3. The van der Waals surface area contributed by atoms with Crippen molar-refractivity contribution in [3.8, 4) is 0 Å². The van der Waals surface area contributed by atoms with Crippen LogP contribution in [0.1, 0.15) is 40.0 Å². The van der Waals surface area contributed by atoms with Crippen LogP contribution in [-0.4, -0.2) is 35.2 Å². The zero-order valence-corrected chi connectivity index (χ0v) is 13.0. The molecule has 0 radical (unpaired) electrons. The summed E-state index contributed by atoms with van der Waals surface area (Å²) in [5.41, 5.74) is 0. The number of nitrogens with zero attached hydrogens (tertiary/aromatic N) is 1. The quantitative estimate of drug-likeness (QED) is 0.616. The van der Waals surface area contributed by atoms with Crippen molar-refractivity contribution in [2.24, 2.45) is 17.8 Å². The van der Waals surface area contributed by atoms with Crippen LogP contribution in [0.25, 0.3) is 0 Å². The van der Waals surface area contributed by atoms with Gasteiger partial charge in [-0.25, -0.2) is 0 Å². The molecular formula is C16H24N2O3. The SMILES string of the molecule is CC(C)C(C)NC(=O)CCN1C(=O)[C@H]2CC=CC[C@H]2C1=O. The molecule has 5 heteroatoms. The van der Waals surface area contributed by atoms with Crippen LogP contribution in [0.15, 0.2) is 12.2 Å². The number of fused-ring (bicyclic) bond motifs is 1. The maximum Gasteiger partial charge on any atom is 0.233 e. The highest BCUT2D eigenvalue weighted by molar-refractivity contribution is 6.05. The Morgan fingerprint density at radius 1 is 1.19 bits per heavy atom. The third kappa shape index (κ3) is 3.34. The predicted octanol–water partition coefficient (Wildman–Crippen LogP) is 1.49. The van der Waals surface area contributed by atoms with Gasteiger partial charge in [0, 0.05) is 19.0 Å². The van der Waals surface area contributed by atoms with E-state index in [1.165, 1.54) is 4.90 Å². The summed E-state index contributed by atoms with van der Waals surface area (Å²) in [6.07, 6.45) is 5.39. The largest absolute Gasteiger partial charge is 0.353 e. The van der Waals surface area contributed by atoms with Crippen molar-refractivity contribution in [2.75, 3.05) is 6.54 Å². The van der Waals surface area contributed by atoms with Crippen LogP contribution in [0, 0.1) is 17.8 Å². The second-order valence-electron chi connectivity index (χ2n) is 6.33. The average Bonchev–Trinajstić information content (AvgIpc) is 2.69. The summed E-state index contributed by atoms with van der Waals surface area (Å²) >= 11 is 0. The summed E-state index contributed by atoms with van der Waals surface area (Å²) < 4.78 is 0. The fraction of sp³-hybridized carbons (Fsp3) is 0.688. The molecule has 3 atom stereocenters. The van der Waals surface area contributed by atoms with E-state index in [0.717, 1.165) is 0 Å². The maximum absolute atomic E-state index is 12.2. The molecule has 1 N–H and O–H groups in total. The minimum absolute atomic E-state index is 0.0919. The molecule has 1 aliphatic heterocycles. The van der Waals surface area contributed by atoms with Crippen molar-refractivity contribution in [1.82, 2.24) is 10.2 Å². The standard InChI is InChI=1S/C16H24N2O3/c1-10(2)11(3)17-14(19)8-9-18-15(20)12-6-4-5-7-13(12)16(18)21/h4-5,10-13H,6-9H2,1-3H3,(H,17,19)/t11?,12-,13+. The molecule has 0 saturated carbocycles. The lowest BCUT2D eigenvalue weighted by molar-refractivity contribution is -0.140. The van der Waals surface area contributed by atoms with Gasteiger partial charge < -0.3 is 5.32 Å². The van der Waals surface area contributed by atoms with Crippen molar-refractivity contribution in [3.63, 3.8) is 0 Å². The molecule has 2 rings (SSSR count). The van der Waals surface area contributed by atoms with Gasteiger partial charge in [0.1, 0.15) is 0 Å². The van der Waals surface area contributed by atoms with Gasteiger partial charge in [-0.2, -0.15) is 0 Å². The van der Waals surface area contributed by atoms with Crippen molar-refractivity contribution < 1.29 is 14.4 Å². The summed E-state index contributed by atoms with van der Waals surface area (Å²) in [6.45, 7) is 6.22. The molecule has 0 spiro atoms. The molecule has 0 aromatic rings. The minimum Gasteiger partial charge on any atom is -0.353 e. The normalized spacial score (nSPS) is 26.2. The van der Waals surface area contributed by atoms with Crippen LogP contribution in [0.2, 0.25) is 0 Å². The zero-order chi connectivity index (χ0) is 15.6. The Morgan fingerprint density at radius 3 is 2.19 bits per heavy atom. The number of carbonyl (C=O) groups is 3. The van der Waals surface area contributed by atoms with E-state index in [-0.39, 0.29) is 48.6 Å². The molecular weight excluding hydrogens is 268 g/mol. The second-order valence-corrected chi connectivity index (χ2v) is 6.33. The lowest BCUT2D eigenvalue weighted by Gasteiger charge is -2.19. The maximum atomic E-state index is 12.2. The van der Waals surface area contributed by atoms with E-state index in [0.29, 0.717) is 18.8 Å². The second kappa shape index (κ2) is 6.41. The predicted molar refractivity (Wildman–Crippen MR) is 79.1 cm³/mol. The first-order valence-electron chi connectivity index (χ1n) is 7.71. The number of amides is 3.